The van der Waals surface area contributed by atoms with Gasteiger partial charge in [0.05, 0.1) is 6.10 Å². The van der Waals surface area contributed by atoms with Gasteiger partial charge in [-0.25, -0.2) is 9.68 Å². The lowest BCUT2D eigenvalue weighted by atomic mass is 10.1. The van der Waals surface area contributed by atoms with Crippen LogP contribution in [0.5, 0.6) is 0 Å². The van der Waals surface area contributed by atoms with E-state index in [2.05, 4.69) is 16.8 Å². The maximum absolute atomic E-state index is 9.93. The summed E-state index contributed by atoms with van der Waals surface area (Å²) >= 11 is 0. The third kappa shape index (κ3) is 7.82. The van der Waals surface area contributed by atoms with Crippen molar-refractivity contribution in [1.82, 2.24) is 0 Å². The fraction of sp³-hybridized carbons (Fsp3) is 0.889. The summed E-state index contributed by atoms with van der Waals surface area (Å²) in [5, 5.41) is 12.2. The van der Waals surface area contributed by atoms with E-state index in [1.807, 2.05) is 6.92 Å². The number of hydrogen-bond donors (Lipinski definition) is 1. The van der Waals surface area contributed by atoms with Gasteiger partial charge in [-0.2, -0.15) is 4.89 Å². The summed E-state index contributed by atoms with van der Waals surface area (Å²) in [6.07, 6.45) is 3.17. The van der Waals surface area contributed by atoms with E-state index in [1.165, 1.54) is 0 Å². The molecule has 1 unspecified atom stereocenters. The summed E-state index contributed by atoms with van der Waals surface area (Å²) in [4.78, 5) is 18.5. The van der Waals surface area contributed by atoms with Crippen LogP contribution in [-0.4, -0.2) is 17.4 Å². The van der Waals surface area contributed by atoms with E-state index in [0.29, 0.717) is 0 Å². The number of hydrogen-bond acceptors (Lipinski definition) is 4. The number of rotatable bonds is 8. The number of carbonyl (C=O) groups is 1. The fourth-order valence-corrected chi connectivity index (χ4v) is 1.10. The van der Waals surface area contributed by atoms with Gasteiger partial charge in [0.25, 0.3) is 0 Å². The lowest BCUT2D eigenvalue weighted by Gasteiger charge is -2.12. The first-order valence-corrected chi connectivity index (χ1v) is 4.93. The second-order valence-corrected chi connectivity index (χ2v) is 3.07. The van der Waals surface area contributed by atoms with Gasteiger partial charge >= 0.3 is 6.16 Å². The molecule has 0 amide bonds. The van der Waals surface area contributed by atoms with Crippen LogP contribution < -0.4 is 0 Å². The zero-order valence-electron chi connectivity index (χ0n) is 8.69. The van der Waals surface area contributed by atoms with Crippen LogP contribution in [0.3, 0.4) is 0 Å². The molecule has 5 heteroatoms. The monoisotopic (exact) mass is 206 g/mol. The highest BCUT2D eigenvalue weighted by atomic mass is 17.5. The second kappa shape index (κ2) is 8.77. The predicted octanol–water partition coefficient (Wildman–Crippen LogP) is 2.90. The Kier molecular flexibility index (Phi) is 8.27. The molecular formula is C9H18O5. The highest BCUT2D eigenvalue weighted by molar-refractivity contribution is 5.55. The normalized spacial score (nSPS) is 12.4. The largest absolute Gasteiger partial charge is 0.540 e. The minimum atomic E-state index is -1.50. The third-order valence-corrected chi connectivity index (χ3v) is 1.77. The molecule has 84 valence electrons. The Balaban J connectivity index is 3.55. The van der Waals surface area contributed by atoms with Crippen molar-refractivity contribution >= 4 is 6.16 Å². The van der Waals surface area contributed by atoms with Gasteiger partial charge in [0.1, 0.15) is 0 Å². The molecule has 0 aliphatic heterocycles. The van der Waals surface area contributed by atoms with E-state index in [1.54, 1.807) is 0 Å². The first-order chi connectivity index (χ1) is 6.70. The van der Waals surface area contributed by atoms with E-state index in [9.17, 15) is 4.79 Å². The molecule has 14 heavy (non-hydrogen) atoms. The molecule has 0 aliphatic carbocycles. The molecule has 1 N–H and O–H groups in total. The van der Waals surface area contributed by atoms with Crippen molar-refractivity contribution in [3.63, 3.8) is 0 Å². The molecule has 0 rings (SSSR count). The lowest BCUT2D eigenvalue weighted by molar-refractivity contribution is -0.501. The van der Waals surface area contributed by atoms with Gasteiger partial charge in [0.15, 0.2) is 0 Å². The maximum atomic E-state index is 9.93. The molecule has 0 spiro atoms. The van der Waals surface area contributed by atoms with E-state index in [0.717, 1.165) is 32.1 Å². The summed E-state index contributed by atoms with van der Waals surface area (Å²) in [5.41, 5.74) is 0. The average Bonchev–Trinajstić information content (AvgIpc) is 2.13. The molecule has 0 fully saturated rings. The highest BCUT2D eigenvalue weighted by Gasteiger charge is 2.10. The molecule has 1 atom stereocenters. The molecule has 0 aromatic rings. The van der Waals surface area contributed by atoms with E-state index < -0.39 is 6.16 Å². The molecule has 0 aromatic heterocycles. The molecule has 0 aromatic carbocycles. The molecular weight excluding hydrogens is 188 g/mol. The van der Waals surface area contributed by atoms with Crippen LogP contribution in [-0.2, 0) is 14.8 Å². The minimum Gasteiger partial charge on any atom is -0.448 e. The van der Waals surface area contributed by atoms with Crippen molar-refractivity contribution in [2.45, 2.75) is 52.1 Å². The standard InChI is InChI=1S/C9H18O5/c1-3-5-7-8(6-4-2)12-14-13-9(10)11/h8H,3-7H2,1-2H3,(H,10,11). The Bertz CT molecular complexity index is 148. The van der Waals surface area contributed by atoms with E-state index >= 15 is 0 Å². The van der Waals surface area contributed by atoms with Crippen LogP contribution >= 0.6 is 0 Å². The molecule has 0 heterocycles. The van der Waals surface area contributed by atoms with Crippen LogP contribution in [0.15, 0.2) is 0 Å². The third-order valence-electron chi connectivity index (χ3n) is 1.77. The van der Waals surface area contributed by atoms with Crippen molar-refractivity contribution < 1.29 is 24.7 Å². The Hall–Kier alpha value is -0.810. The SMILES string of the molecule is CCCCC(CCC)OOOC(=O)O. The Labute approximate surface area is 83.8 Å². The van der Waals surface area contributed by atoms with Gasteiger partial charge in [-0.1, -0.05) is 33.1 Å². The van der Waals surface area contributed by atoms with Gasteiger partial charge in [0, 0.05) is 0 Å². The van der Waals surface area contributed by atoms with Crippen molar-refractivity contribution in [1.29, 1.82) is 0 Å². The quantitative estimate of drug-likeness (QED) is 0.488. The summed E-state index contributed by atoms with van der Waals surface area (Å²) in [5.74, 6) is 0. The van der Waals surface area contributed by atoms with Gasteiger partial charge in [-0.05, 0) is 17.9 Å². The van der Waals surface area contributed by atoms with Crippen LogP contribution in [0.1, 0.15) is 46.0 Å². The maximum Gasteiger partial charge on any atom is 0.540 e. The zero-order chi connectivity index (χ0) is 10.8. The summed E-state index contributed by atoms with van der Waals surface area (Å²) in [6, 6.07) is 0. The predicted molar refractivity (Wildman–Crippen MR) is 49.5 cm³/mol. The summed E-state index contributed by atoms with van der Waals surface area (Å²) in [6.45, 7) is 4.11. The second-order valence-electron chi connectivity index (χ2n) is 3.07. The van der Waals surface area contributed by atoms with Gasteiger partial charge < -0.3 is 5.11 Å². The molecule has 0 aliphatic rings. The van der Waals surface area contributed by atoms with Crippen LogP contribution in [0.25, 0.3) is 0 Å². The molecule has 0 saturated carbocycles. The van der Waals surface area contributed by atoms with Crippen molar-refractivity contribution in [3.05, 3.63) is 0 Å². The summed E-state index contributed by atoms with van der Waals surface area (Å²) in [7, 11) is 0. The highest BCUT2D eigenvalue weighted by Crippen LogP contribution is 2.11. The lowest BCUT2D eigenvalue weighted by Crippen LogP contribution is -2.14. The molecule has 0 bridgehead atoms. The van der Waals surface area contributed by atoms with Crippen LogP contribution in [0.2, 0.25) is 0 Å². The van der Waals surface area contributed by atoms with Gasteiger partial charge in [0.2, 0.25) is 0 Å². The first-order valence-electron chi connectivity index (χ1n) is 4.93. The molecule has 0 saturated heterocycles. The topological polar surface area (TPSA) is 65.0 Å². The van der Waals surface area contributed by atoms with Crippen molar-refractivity contribution in [2.75, 3.05) is 0 Å². The van der Waals surface area contributed by atoms with E-state index in [4.69, 9.17) is 9.99 Å². The Morgan fingerprint density at radius 2 is 2.00 bits per heavy atom. The fourth-order valence-electron chi connectivity index (χ4n) is 1.10. The molecule has 5 nitrogen and oxygen atoms in total. The Morgan fingerprint density at radius 1 is 1.29 bits per heavy atom. The van der Waals surface area contributed by atoms with Gasteiger partial charge in [-0.3, -0.25) is 0 Å². The van der Waals surface area contributed by atoms with Crippen LogP contribution in [0.4, 0.5) is 4.79 Å². The number of carboxylic acid groups (broad SMARTS) is 1. The smallest absolute Gasteiger partial charge is 0.448 e. The van der Waals surface area contributed by atoms with Crippen molar-refractivity contribution in [3.8, 4) is 0 Å². The Morgan fingerprint density at radius 3 is 2.50 bits per heavy atom. The zero-order valence-corrected chi connectivity index (χ0v) is 8.69. The summed E-state index contributed by atoms with van der Waals surface area (Å²) < 4.78 is 0. The minimum absolute atomic E-state index is 0.0840. The van der Waals surface area contributed by atoms with Crippen molar-refractivity contribution in [2.24, 2.45) is 0 Å². The average molecular weight is 206 g/mol. The molecule has 0 radical (unpaired) electrons. The first kappa shape index (κ1) is 13.2. The van der Waals surface area contributed by atoms with Gasteiger partial charge in [-0.15, -0.1) is 0 Å². The van der Waals surface area contributed by atoms with Crippen LogP contribution in [0, 0.1) is 0 Å². The van der Waals surface area contributed by atoms with E-state index in [-0.39, 0.29) is 6.10 Å². The number of unbranched alkanes of at least 4 members (excludes halogenated alkanes) is 1.